The molecule has 0 saturated carbocycles. The maximum absolute atomic E-state index is 6.90. The molecule has 2 unspecified atom stereocenters. The zero-order chi connectivity index (χ0) is 31.4. The summed E-state index contributed by atoms with van der Waals surface area (Å²) < 4.78 is 18.9. The van der Waals surface area contributed by atoms with Crippen LogP contribution in [0.15, 0.2) is 24.6 Å². The monoisotopic (exact) mass is 634 g/mol. The van der Waals surface area contributed by atoms with E-state index in [4.69, 9.17) is 8.23 Å². The smallest absolute Gasteiger partial charge is 0.276 e. The lowest BCUT2D eigenvalue weighted by Crippen LogP contribution is -2.66. The van der Waals surface area contributed by atoms with Crippen molar-refractivity contribution in [2.24, 2.45) is 0 Å². The number of hydrogen-bond donors (Lipinski definition) is 0. The van der Waals surface area contributed by atoms with Crippen molar-refractivity contribution in [3.05, 3.63) is 24.6 Å². The van der Waals surface area contributed by atoms with Gasteiger partial charge in [0.25, 0.3) is 17.0 Å². The van der Waals surface area contributed by atoms with Crippen LogP contribution in [0, 0.1) is 0 Å². The van der Waals surface area contributed by atoms with Crippen LogP contribution in [0.1, 0.15) is 54.9 Å². The molecule has 0 aromatic carbocycles. The molecule has 228 valence electrons. The van der Waals surface area contributed by atoms with Gasteiger partial charge in [0.15, 0.2) is 16.6 Å². The topological polar surface area (TPSA) is 24.9 Å². The molecule has 0 aliphatic carbocycles. The molecule has 0 heterocycles. The third kappa shape index (κ3) is 11.5. The molecular weight excluding hydrogens is 565 g/mol. The number of hydrogen-bond acceptors (Lipinski definition) is 4. The molecule has 38 heavy (non-hydrogen) atoms. The molecule has 0 radical (unpaired) electrons. The normalized spacial score (nSPS) is 17.4. The van der Waals surface area contributed by atoms with Gasteiger partial charge < -0.3 is 16.7 Å². The second-order valence-corrected chi connectivity index (χ2v) is 44.0. The van der Waals surface area contributed by atoms with Crippen LogP contribution in [0.25, 0.3) is 0 Å². The molecule has 2 atom stereocenters. The third-order valence-electron chi connectivity index (χ3n) is 8.76. The van der Waals surface area contributed by atoms with Crippen LogP contribution in [0.3, 0.4) is 0 Å². The molecule has 0 bridgehead atoms. The Balaban J connectivity index is 0. The summed E-state index contributed by atoms with van der Waals surface area (Å²) in [5.41, 5.74) is 4.26. The summed E-state index contributed by atoms with van der Waals surface area (Å²) in [5, 5.41) is 0.506. The summed E-state index contributed by atoms with van der Waals surface area (Å²) in [4.78, 5) is 0. The van der Waals surface area contributed by atoms with E-state index in [0.717, 1.165) is 6.54 Å². The molecule has 0 aliphatic heterocycles. The lowest BCUT2D eigenvalue weighted by atomic mass is 10.2. The van der Waals surface area contributed by atoms with Gasteiger partial charge in [-0.25, -0.2) is 0 Å². The Hall–Kier alpha value is 0.621. The molecule has 0 fully saturated rings. The quantitative estimate of drug-likeness (QED) is 0.199. The highest BCUT2D eigenvalue weighted by atomic mass is 28.5. The fourth-order valence-corrected chi connectivity index (χ4v) is 30.4. The van der Waals surface area contributed by atoms with Crippen LogP contribution in [-0.2, 0) is 8.23 Å². The average Bonchev–Trinajstić information content (AvgIpc) is 2.67. The van der Waals surface area contributed by atoms with Crippen LogP contribution in [0.5, 0.6) is 0 Å². The van der Waals surface area contributed by atoms with Gasteiger partial charge >= 0.3 is 0 Å². The highest BCUT2D eigenvalue weighted by Gasteiger charge is 2.49. The second kappa shape index (κ2) is 13.7. The first-order chi connectivity index (χ1) is 16.4. The lowest BCUT2D eigenvalue weighted by Gasteiger charge is -2.50. The highest BCUT2D eigenvalue weighted by Crippen LogP contribution is 2.40. The van der Waals surface area contributed by atoms with E-state index in [9.17, 15) is 0 Å². The second-order valence-electron chi connectivity index (χ2n) is 16.3. The van der Waals surface area contributed by atoms with E-state index >= 15 is 0 Å². The Labute approximate surface area is 247 Å². The van der Waals surface area contributed by atoms with Crippen LogP contribution in [0.4, 0.5) is 0 Å². The van der Waals surface area contributed by atoms with E-state index in [0.29, 0.717) is 0 Å². The van der Waals surface area contributed by atoms with E-state index in [2.05, 4.69) is 167 Å². The van der Waals surface area contributed by atoms with Gasteiger partial charge in [-0.2, -0.15) is 0 Å². The Bertz CT molecular complexity index is 763. The molecule has 4 nitrogen and oxygen atoms in total. The average molecular weight is 635 g/mol. The first kappa shape index (κ1) is 40.8. The Morgan fingerprint density at radius 2 is 0.921 bits per heavy atom. The predicted octanol–water partition coefficient (Wildman–Crippen LogP) is 9.92. The molecule has 0 rings (SSSR count). The van der Waals surface area contributed by atoms with E-state index in [1.807, 2.05) is 0 Å². The van der Waals surface area contributed by atoms with Gasteiger partial charge in [0.2, 0.25) is 0 Å². The van der Waals surface area contributed by atoms with Crippen LogP contribution in [-0.4, -0.2) is 72.1 Å². The maximum Gasteiger partial charge on any atom is 0.276 e. The van der Waals surface area contributed by atoms with Crippen LogP contribution < -0.4 is 0 Å². The molecular formula is C28H70N2O2Si6. The van der Waals surface area contributed by atoms with Gasteiger partial charge in [-0.05, 0) is 69.4 Å². The van der Waals surface area contributed by atoms with Crippen LogP contribution >= 0.6 is 0 Å². The summed E-state index contributed by atoms with van der Waals surface area (Å²) >= 11 is 0. The van der Waals surface area contributed by atoms with Crippen molar-refractivity contribution in [1.82, 2.24) is 8.46 Å². The summed E-state index contributed by atoms with van der Waals surface area (Å²) in [7, 11) is -8.04. The van der Waals surface area contributed by atoms with Crippen molar-refractivity contribution in [3.63, 3.8) is 0 Å². The molecule has 0 aromatic heterocycles. The first-order valence-corrected chi connectivity index (χ1v) is 32.2. The fraction of sp³-hybridized carbons (Fsp3) is 0.857. The van der Waals surface area contributed by atoms with Gasteiger partial charge in [-0.3, -0.25) is 0 Å². The zero-order valence-electron chi connectivity index (χ0n) is 29.7. The Morgan fingerprint density at radius 1 is 0.605 bits per heavy atom. The van der Waals surface area contributed by atoms with Gasteiger partial charge in [0, 0.05) is 0 Å². The molecule has 0 aromatic rings. The minimum Gasteiger partial charge on any atom is -0.441 e. The minimum absolute atomic E-state index is 0.252. The summed E-state index contributed by atoms with van der Waals surface area (Å²) in [5.74, 6) is 0. The molecule has 0 spiro atoms. The largest absolute Gasteiger partial charge is 0.441 e. The highest BCUT2D eigenvalue weighted by molar-refractivity contribution is 6.95. The van der Waals surface area contributed by atoms with Gasteiger partial charge in [0.05, 0.1) is 0 Å². The van der Waals surface area contributed by atoms with E-state index in [1.54, 1.807) is 0 Å². The van der Waals surface area contributed by atoms with Gasteiger partial charge in [0.1, 0.15) is 16.5 Å². The van der Waals surface area contributed by atoms with Crippen molar-refractivity contribution >= 4 is 50.1 Å². The van der Waals surface area contributed by atoms with E-state index in [1.165, 1.54) is 6.42 Å². The minimum atomic E-state index is -2.03. The predicted molar refractivity (Wildman–Crippen MR) is 192 cm³/mol. The van der Waals surface area contributed by atoms with E-state index in [-0.39, 0.29) is 10.1 Å². The first-order valence-electron chi connectivity index (χ1n) is 14.6. The SMILES string of the molecule is C=C[Si](C)(O[Si](C)(C)C(C)(C)C)N(C)[Si](C)(C)C.C=C[Si](C)(O[Si](C)(C)C(C)(C)C)N(CCC)[Si](C)(C)C. The van der Waals surface area contributed by atoms with Crippen molar-refractivity contribution in [1.29, 1.82) is 0 Å². The number of rotatable bonds is 12. The summed E-state index contributed by atoms with van der Waals surface area (Å²) in [6.07, 6.45) is 1.18. The van der Waals surface area contributed by atoms with Crippen molar-refractivity contribution in [2.45, 2.75) is 144 Å². The third-order valence-corrected chi connectivity index (χ3v) is 38.1. The molecule has 0 aliphatic rings. The maximum atomic E-state index is 6.90. The van der Waals surface area contributed by atoms with Crippen molar-refractivity contribution < 1.29 is 8.23 Å². The van der Waals surface area contributed by atoms with E-state index < -0.39 is 50.1 Å². The van der Waals surface area contributed by atoms with Crippen LogP contribution in [0.2, 0.25) is 88.6 Å². The lowest BCUT2D eigenvalue weighted by molar-refractivity contribution is 0.424. The zero-order valence-corrected chi connectivity index (χ0v) is 35.7. The summed E-state index contributed by atoms with van der Waals surface area (Å²) in [6, 6.07) is 0. The fourth-order valence-electron chi connectivity index (χ4n) is 3.91. The Morgan fingerprint density at radius 3 is 1.13 bits per heavy atom. The standard InChI is InChI=1S/C15H37NOSi3.C13H33NOSi3/c1-12-14-16(18(6,7)8)20(11,13-2)17-19(9,10)15(3,4)5;1-12-18(11,14(5)16(6,7)8)15-17(9,10)13(2,3)4/h13H,2,12,14H2,1,3-11H3;12H,1H2,2-11H3. The van der Waals surface area contributed by atoms with Crippen molar-refractivity contribution in [2.75, 3.05) is 13.6 Å². The Kier molecular flexibility index (Phi) is 14.7. The molecule has 0 N–H and O–H groups in total. The number of nitrogens with zero attached hydrogens (tertiary/aromatic N) is 2. The molecule has 10 heteroatoms. The molecule has 0 saturated heterocycles. The van der Waals surface area contributed by atoms with Gasteiger partial charge in [-0.1, -0.05) is 99.1 Å². The van der Waals surface area contributed by atoms with Crippen molar-refractivity contribution in [3.8, 4) is 0 Å². The van der Waals surface area contributed by atoms with Gasteiger partial charge in [-0.15, -0.1) is 13.2 Å². The summed E-state index contributed by atoms with van der Waals surface area (Å²) in [6.45, 7) is 53.9. The molecule has 0 amide bonds.